The van der Waals surface area contributed by atoms with E-state index >= 15 is 0 Å². The second-order valence-corrected chi connectivity index (χ2v) is 10.1. The van der Waals surface area contributed by atoms with E-state index in [1.807, 2.05) is 26.2 Å². The number of anilines is 2. The fourth-order valence-corrected chi connectivity index (χ4v) is 5.04. The molecule has 36 heavy (non-hydrogen) atoms. The minimum absolute atomic E-state index is 0.168. The van der Waals surface area contributed by atoms with E-state index in [1.54, 1.807) is 17.8 Å². The summed E-state index contributed by atoms with van der Waals surface area (Å²) in [7, 11) is 0. The van der Waals surface area contributed by atoms with Crippen molar-refractivity contribution in [2.24, 2.45) is 0 Å². The maximum absolute atomic E-state index is 14.9. The first-order valence-electron chi connectivity index (χ1n) is 12.0. The molecule has 0 bridgehead atoms. The van der Waals surface area contributed by atoms with Crippen LogP contribution in [0.2, 0.25) is 0 Å². The summed E-state index contributed by atoms with van der Waals surface area (Å²) in [5, 5.41) is 4.75. The molecule has 0 spiro atoms. The summed E-state index contributed by atoms with van der Waals surface area (Å²) < 4.78 is 34.9. The van der Waals surface area contributed by atoms with Gasteiger partial charge in [-0.3, -0.25) is 0 Å². The molecule has 0 N–H and O–H groups in total. The van der Waals surface area contributed by atoms with Crippen molar-refractivity contribution >= 4 is 34.4 Å². The van der Waals surface area contributed by atoms with Crippen LogP contribution in [0, 0.1) is 11.6 Å². The summed E-state index contributed by atoms with van der Waals surface area (Å²) in [4.78, 5) is 17.8. The number of nitrogens with zero attached hydrogens (tertiary/aromatic N) is 6. The number of thioether (sulfide) groups is 1. The van der Waals surface area contributed by atoms with Crippen molar-refractivity contribution in [3.8, 4) is 11.1 Å². The first kappa shape index (κ1) is 24.4. The minimum atomic E-state index is -0.411. The Morgan fingerprint density at radius 2 is 1.83 bits per heavy atom. The number of fused-ring (bicyclic) bond motifs is 1. The lowest BCUT2D eigenvalue weighted by molar-refractivity contribution is 0.364. The number of hydrogen-bond donors (Lipinski definition) is 0. The third-order valence-corrected chi connectivity index (χ3v) is 6.95. The van der Waals surface area contributed by atoms with Crippen molar-refractivity contribution in [1.29, 1.82) is 0 Å². The Labute approximate surface area is 212 Å². The molecule has 0 saturated carbocycles. The highest BCUT2D eigenvalue weighted by atomic mass is 32.2. The van der Waals surface area contributed by atoms with Gasteiger partial charge in [-0.1, -0.05) is 26.0 Å². The zero-order valence-electron chi connectivity index (χ0n) is 20.5. The van der Waals surface area contributed by atoms with E-state index < -0.39 is 5.82 Å². The molecule has 10 heteroatoms. The number of rotatable bonds is 6. The van der Waals surface area contributed by atoms with Gasteiger partial charge in [-0.2, -0.15) is 16.7 Å². The van der Waals surface area contributed by atoms with Gasteiger partial charge in [-0.05, 0) is 47.2 Å². The first-order chi connectivity index (χ1) is 17.4. The number of aromatic nitrogens is 4. The van der Waals surface area contributed by atoms with Gasteiger partial charge in [0.25, 0.3) is 5.95 Å². The molecule has 5 rings (SSSR count). The largest absolute Gasteiger partial charge is 0.354 e. The second-order valence-electron chi connectivity index (χ2n) is 9.20. The van der Waals surface area contributed by atoms with Gasteiger partial charge in [0.2, 0.25) is 5.89 Å². The van der Waals surface area contributed by atoms with Crippen LogP contribution in [0.5, 0.6) is 0 Å². The van der Waals surface area contributed by atoms with Gasteiger partial charge in [0, 0.05) is 48.8 Å². The molecule has 4 aromatic rings. The lowest BCUT2D eigenvalue weighted by Crippen LogP contribution is -2.31. The van der Waals surface area contributed by atoms with Crippen molar-refractivity contribution in [3.05, 3.63) is 59.7 Å². The standard InChI is InChI=1S/C26H28F2N6OS/c1-16(2)25-31-26(32-35-25)34-8-4-7-33(9-10-34)24-21-13-19(27)12-20(23(21)29-15-30-24)17-5-6-18(14-36-3)22(28)11-17/h5-6,11-13,15-16H,4,7-10,14H2,1-3H3. The van der Waals surface area contributed by atoms with Gasteiger partial charge in [-0.15, -0.1) is 0 Å². The lowest BCUT2D eigenvalue weighted by Gasteiger charge is -2.23. The minimum Gasteiger partial charge on any atom is -0.354 e. The molecule has 1 fully saturated rings. The molecular weight excluding hydrogens is 482 g/mol. The summed E-state index contributed by atoms with van der Waals surface area (Å²) >= 11 is 1.55. The van der Waals surface area contributed by atoms with E-state index in [0.717, 1.165) is 19.5 Å². The van der Waals surface area contributed by atoms with Crippen LogP contribution in [0.25, 0.3) is 22.0 Å². The van der Waals surface area contributed by atoms with Crippen molar-refractivity contribution < 1.29 is 13.3 Å². The average Bonchev–Trinajstić information content (AvgIpc) is 3.24. The Morgan fingerprint density at radius 3 is 2.58 bits per heavy atom. The van der Waals surface area contributed by atoms with Crippen LogP contribution in [-0.2, 0) is 5.75 Å². The van der Waals surface area contributed by atoms with Gasteiger partial charge in [0.05, 0.1) is 5.52 Å². The molecule has 0 radical (unpaired) electrons. The molecule has 0 aliphatic carbocycles. The highest BCUT2D eigenvalue weighted by Crippen LogP contribution is 2.34. The van der Waals surface area contributed by atoms with E-state index in [9.17, 15) is 8.78 Å². The number of hydrogen-bond acceptors (Lipinski definition) is 8. The number of halogens is 2. The van der Waals surface area contributed by atoms with Gasteiger partial charge in [-0.25, -0.2) is 18.7 Å². The summed E-state index contributed by atoms with van der Waals surface area (Å²) in [6.45, 7) is 6.87. The fourth-order valence-electron chi connectivity index (χ4n) is 4.50. The lowest BCUT2D eigenvalue weighted by atomic mass is 10.0. The normalized spacial score (nSPS) is 14.6. The van der Waals surface area contributed by atoms with Crippen LogP contribution in [0.15, 0.2) is 41.2 Å². The second kappa shape index (κ2) is 10.4. The van der Waals surface area contributed by atoms with Crippen LogP contribution in [0.3, 0.4) is 0 Å². The monoisotopic (exact) mass is 510 g/mol. The van der Waals surface area contributed by atoms with Crippen LogP contribution in [0.4, 0.5) is 20.5 Å². The van der Waals surface area contributed by atoms with Gasteiger partial charge in [0.15, 0.2) is 0 Å². The molecule has 0 unspecified atom stereocenters. The Kier molecular flexibility index (Phi) is 7.04. The van der Waals surface area contributed by atoms with Gasteiger partial charge >= 0.3 is 0 Å². The zero-order chi connectivity index (χ0) is 25.2. The van der Waals surface area contributed by atoms with Crippen LogP contribution in [0.1, 0.15) is 37.6 Å². The summed E-state index contributed by atoms with van der Waals surface area (Å²) in [6, 6.07) is 7.91. The smallest absolute Gasteiger partial charge is 0.266 e. The quantitative estimate of drug-likeness (QED) is 0.329. The molecule has 2 aromatic carbocycles. The maximum atomic E-state index is 14.9. The highest BCUT2D eigenvalue weighted by molar-refractivity contribution is 7.97. The van der Waals surface area contributed by atoms with Crippen LogP contribution in [-0.4, -0.2) is 52.5 Å². The van der Waals surface area contributed by atoms with Crippen LogP contribution < -0.4 is 9.80 Å². The maximum Gasteiger partial charge on any atom is 0.266 e. The molecule has 1 aliphatic rings. The molecule has 3 heterocycles. The van der Waals surface area contributed by atoms with Crippen molar-refractivity contribution in [2.75, 3.05) is 42.2 Å². The zero-order valence-corrected chi connectivity index (χ0v) is 21.4. The molecule has 188 valence electrons. The molecule has 0 amide bonds. The van der Waals surface area contributed by atoms with Crippen molar-refractivity contribution in [3.63, 3.8) is 0 Å². The predicted octanol–water partition coefficient (Wildman–Crippen LogP) is 5.66. The molecular formula is C26H28F2N6OS. The topological polar surface area (TPSA) is 71.2 Å². The van der Waals surface area contributed by atoms with Crippen LogP contribution >= 0.6 is 11.8 Å². The Hall–Kier alpha value is -3.27. The Morgan fingerprint density at radius 1 is 1.03 bits per heavy atom. The third kappa shape index (κ3) is 4.86. The van der Waals surface area contributed by atoms with Crippen molar-refractivity contribution in [1.82, 2.24) is 20.1 Å². The molecule has 7 nitrogen and oxygen atoms in total. The molecule has 2 aromatic heterocycles. The van der Waals surface area contributed by atoms with Gasteiger partial charge < -0.3 is 14.3 Å². The van der Waals surface area contributed by atoms with Gasteiger partial charge in [0.1, 0.15) is 23.8 Å². The van der Waals surface area contributed by atoms with E-state index in [-0.39, 0.29) is 11.7 Å². The predicted molar refractivity (Wildman–Crippen MR) is 140 cm³/mol. The van der Waals surface area contributed by atoms with E-state index in [0.29, 0.717) is 64.1 Å². The molecule has 1 saturated heterocycles. The third-order valence-electron chi connectivity index (χ3n) is 6.35. The Bertz CT molecular complexity index is 1380. The summed E-state index contributed by atoms with van der Waals surface area (Å²) in [5.74, 6) is 1.91. The molecule has 0 atom stereocenters. The number of benzene rings is 2. The SMILES string of the molecule is CSCc1ccc(-c2cc(F)cc3c(N4CCCN(c5noc(C(C)C)n5)CC4)ncnc23)cc1F. The van der Waals surface area contributed by atoms with E-state index in [4.69, 9.17) is 4.52 Å². The highest BCUT2D eigenvalue weighted by Gasteiger charge is 2.23. The molecule has 1 aliphatic heterocycles. The Balaban J connectivity index is 1.46. The van der Waals surface area contributed by atoms with Crippen molar-refractivity contribution in [2.45, 2.75) is 31.9 Å². The van der Waals surface area contributed by atoms with E-state index in [1.165, 1.54) is 24.5 Å². The first-order valence-corrected chi connectivity index (χ1v) is 13.4. The summed E-state index contributed by atoms with van der Waals surface area (Å²) in [6.07, 6.45) is 4.27. The average molecular weight is 511 g/mol. The summed E-state index contributed by atoms with van der Waals surface area (Å²) in [5.41, 5.74) is 2.36. The van der Waals surface area contributed by atoms with E-state index in [2.05, 4.69) is 29.9 Å². The fraction of sp³-hybridized carbons (Fsp3) is 0.385.